The fraction of sp³-hybridized carbons (Fsp3) is 0.364. The first-order chi connectivity index (χ1) is 7.15. The average Bonchev–Trinajstić information content (AvgIpc) is 2.26. The highest BCUT2D eigenvalue weighted by Gasteiger charge is 2.03. The van der Waals surface area contributed by atoms with E-state index in [0.29, 0.717) is 0 Å². The number of hydrogen-bond donors (Lipinski definition) is 2. The maximum atomic E-state index is 5.66. The van der Waals surface area contributed by atoms with Crippen LogP contribution in [-0.2, 0) is 6.42 Å². The SMILES string of the molecule is CCCCc1ccc(N(N)C(N)=S)cc1. The molecular formula is C11H17N3S. The summed E-state index contributed by atoms with van der Waals surface area (Å²) in [5.41, 5.74) is 7.56. The van der Waals surface area contributed by atoms with E-state index in [9.17, 15) is 0 Å². The van der Waals surface area contributed by atoms with Crippen molar-refractivity contribution >= 4 is 23.0 Å². The van der Waals surface area contributed by atoms with Crippen LogP contribution in [0.2, 0.25) is 0 Å². The molecule has 1 aromatic rings. The fourth-order valence-electron chi connectivity index (χ4n) is 1.33. The lowest BCUT2D eigenvalue weighted by Gasteiger charge is -2.16. The van der Waals surface area contributed by atoms with Crippen LogP contribution in [0.4, 0.5) is 5.69 Å². The summed E-state index contributed by atoms with van der Waals surface area (Å²) in [6, 6.07) is 7.99. The topological polar surface area (TPSA) is 55.3 Å². The minimum atomic E-state index is 0.177. The highest BCUT2D eigenvalue weighted by molar-refractivity contribution is 7.80. The molecule has 15 heavy (non-hydrogen) atoms. The minimum absolute atomic E-state index is 0.177. The van der Waals surface area contributed by atoms with Gasteiger partial charge in [-0.05, 0) is 42.8 Å². The molecule has 1 aromatic carbocycles. The normalized spacial score (nSPS) is 10.0. The van der Waals surface area contributed by atoms with Crippen molar-refractivity contribution < 1.29 is 0 Å². The number of hydrogen-bond acceptors (Lipinski definition) is 2. The highest BCUT2D eigenvalue weighted by Crippen LogP contribution is 2.13. The second-order valence-electron chi connectivity index (χ2n) is 3.48. The molecule has 0 radical (unpaired) electrons. The number of nitrogens with two attached hydrogens (primary N) is 2. The lowest BCUT2D eigenvalue weighted by Crippen LogP contribution is -2.41. The van der Waals surface area contributed by atoms with Crippen molar-refractivity contribution in [3.63, 3.8) is 0 Å². The number of rotatable bonds is 4. The molecule has 1 rings (SSSR count). The van der Waals surface area contributed by atoms with Gasteiger partial charge in [0.2, 0.25) is 0 Å². The van der Waals surface area contributed by atoms with Crippen molar-refractivity contribution in [1.82, 2.24) is 0 Å². The minimum Gasteiger partial charge on any atom is -0.375 e. The Morgan fingerprint density at radius 2 is 1.93 bits per heavy atom. The highest BCUT2D eigenvalue weighted by atomic mass is 32.1. The van der Waals surface area contributed by atoms with Gasteiger partial charge in [-0.2, -0.15) is 0 Å². The Morgan fingerprint density at radius 1 is 1.33 bits per heavy atom. The molecule has 0 fully saturated rings. The number of unbranched alkanes of at least 4 members (excludes halogenated alkanes) is 1. The van der Waals surface area contributed by atoms with E-state index in [2.05, 4.69) is 19.1 Å². The summed E-state index contributed by atoms with van der Waals surface area (Å²) < 4.78 is 0. The van der Waals surface area contributed by atoms with Gasteiger partial charge in [0.15, 0.2) is 5.11 Å². The third-order valence-electron chi connectivity index (χ3n) is 2.27. The molecule has 0 saturated heterocycles. The van der Waals surface area contributed by atoms with Crippen LogP contribution in [0.3, 0.4) is 0 Å². The predicted molar refractivity (Wildman–Crippen MR) is 68.5 cm³/mol. The van der Waals surface area contributed by atoms with E-state index >= 15 is 0 Å². The van der Waals surface area contributed by atoms with Gasteiger partial charge in [0.1, 0.15) is 0 Å². The number of nitrogens with zero attached hydrogens (tertiary/aromatic N) is 1. The van der Waals surface area contributed by atoms with Crippen LogP contribution < -0.4 is 16.6 Å². The summed E-state index contributed by atoms with van der Waals surface area (Å²) in [6.45, 7) is 2.18. The van der Waals surface area contributed by atoms with Gasteiger partial charge in [-0.25, -0.2) is 5.84 Å². The zero-order chi connectivity index (χ0) is 11.3. The van der Waals surface area contributed by atoms with Gasteiger partial charge in [-0.1, -0.05) is 25.5 Å². The first kappa shape index (κ1) is 11.9. The van der Waals surface area contributed by atoms with Crippen LogP contribution in [0.1, 0.15) is 25.3 Å². The first-order valence-corrected chi connectivity index (χ1v) is 5.49. The smallest absolute Gasteiger partial charge is 0.185 e. The summed E-state index contributed by atoms with van der Waals surface area (Å²) in [6.07, 6.45) is 3.52. The van der Waals surface area contributed by atoms with Gasteiger partial charge < -0.3 is 5.73 Å². The van der Waals surface area contributed by atoms with E-state index in [0.717, 1.165) is 12.1 Å². The van der Waals surface area contributed by atoms with Gasteiger partial charge in [-0.15, -0.1) is 0 Å². The Hall–Kier alpha value is -1.13. The summed E-state index contributed by atoms with van der Waals surface area (Å²) in [5.74, 6) is 5.66. The molecule has 0 saturated carbocycles. The molecule has 0 aromatic heterocycles. The molecular weight excluding hydrogens is 206 g/mol. The van der Waals surface area contributed by atoms with Crippen LogP contribution in [0.15, 0.2) is 24.3 Å². The van der Waals surface area contributed by atoms with Crippen molar-refractivity contribution in [3.05, 3.63) is 29.8 Å². The number of anilines is 1. The van der Waals surface area contributed by atoms with Crippen molar-refractivity contribution in [2.45, 2.75) is 26.2 Å². The van der Waals surface area contributed by atoms with Gasteiger partial charge in [0.25, 0.3) is 0 Å². The zero-order valence-electron chi connectivity index (χ0n) is 8.94. The number of hydrazine groups is 1. The molecule has 0 aliphatic rings. The summed E-state index contributed by atoms with van der Waals surface area (Å²) in [5, 5.41) is 1.48. The molecule has 4 heteroatoms. The fourth-order valence-corrected chi connectivity index (χ4v) is 1.44. The molecule has 0 heterocycles. The van der Waals surface area contributed by atoms with Crippen molar-refractivity contribution in [3.8, 4) is 0 Å². The predicted octanol–water partition coefficient (Wildman–Crippen LogP) is 1.95. The molecule has 0 spiro atoms. The standard InChI is InChI=1S/C11H17N3S/c1-2-3-4-9-5-7-10(8-6-9)14(13)11(12)15/h5-8H,2-4,13H2,1H3,(H2,12,15). The molecule has 3 nitrogen and oxygen atoms in total. The number of thiocarbonyl (C=S) groups is 1. The molecule has 0 aliphatic carbocycles. The molecule has 0 atom stereocenters. The summed E-state index contributed by atoms with van der Waals surface area (Å²) >= 11 is 4.78. The Labute approximate surface area is 96.0 Å². The number of aryl methyl sites for hydroxylation is 1. The van der Waals surface area contributed by atoms with E-state index in [1.54, 1.807) is 0 Å². The molecule has 0 amide bonds. The third-order valence-corrected chi connectivity index (χ3v) is 2.47. The quantitative estimate of drug-likeness (QED) is 0.465. The van der Waals surface area contributed by atoms with E-state index in [-0.39, 0.29) is 5.11 Å². The van der Waals surface area contributed by atoms with Crippen molar-refractivity contribution in [1.29, 1.82) is 0 Å². The third kappa shape index (κ3) is 3.49. The summed E-state index contributed by atoms with van der Waals surface area (Å²) in [4.78, 5) is 0. The lowest BCUT2D eigenvalue weighted by atomic mass is 10.1. The molecule has 0 unspecified atom stereocenters. The van der Waals surface area contributed by atoms with Crippen LogP contribution in [-0.4, -0.2) is 5.11 Å². The largest absolute Gasteiger partial charge is 0.375 e. The summed E-state index contributed by atoms with van der Waals surface area (Å²) in [7, 11) is 0. The average molecular weight is 223 g/mol. The molecule has 82 valence electrons. The second-order valence-corrected chi connectivity index (χ2v) is 3.90. The van der Waals surface area contributed by atoms with E-state index < -0.39 is 0 Å². The van der Waals surface area contributed by atoms with Crippen molar-refractivity contribution in [2.75, 3.05) is 5.01 Å². The van der Waals surface area contributed by atoms with Crippen LogP contribution >= 0.6 is 12.2 Å². The molecule has 0 aliphatic heterocycles. The molecule has 0 bridgehead atoms. The Bertz CT molecular complexity index is 321. The Kier molecular flexibility index (Phi) is 4.52. The van der Waals surface area contributed by atoms with E-state index in [1.165, 1.54) is 23.4 Å². The number of benzene rings is 1. The van der Waals surface area contributed by atoms with Crippen LogP contribution in [0, 0.1) is 0 Å². The zero-order valence-corrected chi connectivity index (χ0v) is 9.76. The van der Waals surface area contributed by atoms with E-state index in [4.69, 9.17) is 23.8 Å². The van der Waals surface area contributed by atoms with Crippen LogP contribution in [0.25, 0.3) is 0 Å². The van der Waals surface area contributed by atoms with Crippen molar-refractivity contribution in [2.24, 2.45) is 11.6 Å². The van der Waals surface area contributed by atoms with Gasteiger partial charge in [-0.3, -0.25) is 5.01 Å². The van der Waals surface area contributed by atoms with Crippen LogP contribution in [0.5, 0.6) is 0 Å². The van der Waals surface area contributed by atoms with Gasteiger partial charge in [0.05, 0.1) is 5.69 Å². The monoisotopic (exact) mass is 223 g/mol. The Morgan fingerprint density at radius 3 is 2.40 bits per heavy atom. The molecule has 4 N–H and O–H groups in total. The first-order valence-electron chi connectivity index (χ1n) is 5.08. The lowest BCUT2D eigenvalue weighted by molar-refractivity contribution is 0.795. The maximum Gasteiger partial charge on any atom is 0.185 e. The maximum absolute atomic E-state index is 5.66. The Balaban J connectivity index is 2.67. The van der Waals surface area contributed by atoms with Gasteiger partial charge in [0, 0.05) is 0 Å². The van der Waals surface area contributed by atoms with Gasteiger partial charge >= 0.3 is 0 Å². The second kappa shape index (κ2) is 5.68. The van der Waals surface area contributed by atoms with E-state index in [1.807, 2.05) is 12.1 Å².